The van der Waals surface area contributed by atoms with E-state index in [9.17, 15) is 18.4 Å². The number of hydrogen-bond donors (Lipinski definition) is 2. The van der Waals surface area contributed by atoms with Crippen molar-refractivity contribution in [1.82, 2.24) is 15.3 Å². The van der Waals surface area contributed by atoms with Gasteiger partial charge in [-0.1, -0.05) is 6.92 Å². The standard InChI is InChI=1S/C18H15F2N3O2/c1-2-15(10-3-5-21-6-4-10)23-18(25)13-9-22-16-12(17(13)24)7-11(19)8-14(16)20/h3-9,15H,2H2,1H3,(H,22,24)(H,23,25)/t15-/m1/s1. The van der Waals surface area contributed by atoms with Crippen LogP contribution in [0, 0.1) is 11.6 Å². The average Bonchev–Trinajstić information content (AvgIpc) is 2.61. The lowest BCUT2D eigenvalue weighted by molar-refractivity contribution is 0.0934. The second-order valence-electron chi connectivity index (χ2n) is 5.56. The molecule has 0 unspecified atom stereocenters. The molecule has 0 aliphatic rings. The molecule has 0 radical (unpaired) electrons. The second-order valence-corrected chi connectivity index (χ2v) is 5.56. The predicted octanol–water partition coefficient (Wildman–Crippen LogP) is 3.08. The predicted molar refractivity (Wildman–Crippen MR) is 89.2 cm³/mol. The zero-order chi connectivity index (χ0) is 18.0. The molecule has 1 aromatic carbocycles. The van der Waals surface area contributed by atoms with E-state index in [4.69, 9.17) is 0 Å². The number of nitrogens with one attached hydrogen (secondary N) is 2. The highest BCUT2D eigenvalue weighted by Crippen LogP contribution is 2.17. The molecule has 0 spiro atoms. The Balaban J connectivity index is 1.97. The Hall–Kier alpha value is -3.09. The van der Waals surface area contributed by atoms with E-state index < -0.39 is 23.0 Å². The van der Waals surface area contributed by atoms with Crippen LogP contribution in [0.25, 0.3) is 10.9 Å². The molecule has 0 fully saturated rings. The van der Waals surface area contributed by atoms with E-state index in [-0.39, 0.29) is 22.5 Å². The number of aromatic amines is 1. The zero-order valence-corrected chi connectivity index (χ0v) is 13.3. The lowest BCUT2D eigenvalue weighted by Gasteiger charge is -2.17. The first kappa shape index (κ1) is 16.8. The largest absolute Gasteiger partial charge is 0.358 e. The molecule has 2 heterocycles. The van der Waals surface area contributed by atoms with E-state index in [1.165, 1.54) is 0 Å². The van der Waals surface area contributed by atoms with Crippen LogP contribution in [0.2, 0.25) is 0 Å². The number of carbonyl (C=O) groups is 1. The van der Waals surface area contributed by atoms with E-state index >= 15 is 0 Å². The van der Waals surface area contributed by atoms with Crippen molar-refractivity contribution >= 4 is 16.8 Å². The van der Waals surface area contributed by atoms with Gasteiger partial charge in [0.15, 0.2) is 0 Å². The van der Waals surface area contributed by atoms with Gasteiger partial charge in [-0.2, -0.15) is 0 Å². The summed E-state index contributed by atoms with van der Waals surface area (Å²) in [7, 11) is 0. The summed E-state index contributed by atoms with van der Waals surface area (Å²) in [5.74, 6) is -2.38. The molecular formula is C18H15F2N3O2. The quantitative estimate of drug-likeness (QED) is 0.764. The van der Waals surface area contributed by atoms with Crippen LogP contribution in [0.1, 0.15) is 35.3 Å². The van der Waals surface area contributed by atoms with Gasteiger partial charge in [-0.3, -0.25) is 14.6 Å². The summed E-state index contributed by atoms with van der Waals surface area (Å²) in [6, 6.07) is 4.81. The zero-order valence-electron chi connectivity index (χ0n) is 13.3. The molecule has 2 aromatic heterocycles. The molecule has 0 saturated carbocycles. The molecule has 0 aliphatic carbocycles. The molecule has 3 aromatic rings. The number of nitrogens with zero attached hydrogens (tertiary/aromatic N) is 1. The molecule has 128 valence electrons. The van der Waals surface area contributed by atoms with Crippen LogP contribution in [0.5, 0.6) is 0 Å². The molecule has 0 bridgehead atoms. The Bertz CT molecular complexity index is 987. The first-order valence-corrected chi connectivity index (χ1v) is 7.72. The molecule has 25 heavy (non-hydrogen) atoms. The molecule has 0 saturated heterocycles. The summed E-state index contributed by atoms with van der Waals surface area (Å²) in [5, 5.41) is 2.55. The van der Waals surface area contributed by atoms with Crippen molar-refractivity contribution in [3.63, 3.8) is 0 Å². The Morgan fingerprint density at radius 3 is 2.68 bits per heavy atom. The van der Waals surface area contributed by atoms with Crippen LogP contribution in [0.15, 0.2) is 47.7 Å². The number of hydrogen-bond acceptors (Lipinski definition) is 3. The third kappa shape index (κ3) is 3.26. The highest BCUT2D eigenvalue weighted by atomic mass is 19.1. The van der Waals surface area contributed by atoms with Crippen molar-refractivity contribution in [2.24, 2.45) is 0 Å². The third-order valence-corrected chi connectivity index (χ3v) is 3.97. The fourth-order valence-corrected chi connectivity index (χ4v) is 2.68. The van der Waals surface area contributed by atoms with Crippen molar-refractivity contribution in [2.45, 2.75) is 19.4 Å². The van der Waals surface area contributed by atoms with Crippen molar-refractivity contribution in [3.8, 4) is 0 Å². The van der Waals surface area contributed by atoms with Gasteiger partial charge in [0, 0.05) is 24.7 Å². The minimum atomic E-state index is -0.887. The number of carbonyl (C=O) groups excluding carboxylic acids is 1. The molecule has 2 N–H and O–H groups in total. The number of benzene rings is 1. The molecule has 1 atom stereocenters. The van der Waals surface area contributed by atoms with Crippen molar-refractivity contribution < 1.29 is 13.6 Å². The van der Waals surface area contributed by atoms with Crippen LogP contribution < -0.4 is 10.7 Å². The monoisotopic (exact) mass is 343 g/mol. The number of amides is 1. The van der Waals surface area contributed by atoms with Gasteiger partial charge in [0.25, 0.3) is 5.91 Å². The Labute approximate surface area is 141 Å². The molecule has 5 nitrogen and oxygen atoms in total. The number of fused-ring (bicyclic) bond motifs is 1. The van der Waals surface area contributed by atoms with Crippen LogP contribution in [-0.4, -0.2) is 15.9 Å². The van der Waals surface area contributed by atoms with Crippen LogP contribution in [-0.2, 0) is 0 Å². The van der Waals surface area contributed by atoms with Crippen molar-refractivity contribution in [1.29, 1.82) is 0 Å². The van der Waals surface area contributed by atoms with Gasteiger partial charge < -0.3 is 10.3 Å². The van der Waals surface area contributed by atoms with Gasteiger partial charge in [-0.25, -0.2) is 8.78 Å². The van der Waals surface area contributed by atoms with Gasteiger partial charge in [0.05, 0.1) is 16.9 Å². The van der Waals surface area contributed by atoms with E-state index in [0.717, 1.165) is 17.8 Å². The number of rotatable bonds is 4. The summed E-state index contributed by atoms with van der Waals surface area (Å²) in [5.41, 5.74) is -0.219. The fourth-order valence-electron chi connectivity index (χ4n) is 2.68. The topological polar surface area (TPSA) is 74.8 Å². The van der Waals surface area contributed by atoms with Gasteiger partial charge in [0.1, 0.15) is 17.2 Å². The Morgan fingerprint density at radius 1 is 1.28 bits per heavy atom. The Morgan fingerprint density at radius 2 is 2.00 bits per heavy atom. The maximum Gasteiger partial charge on any atom is 0.257 e. The van der Waals surface area contributed by atoms with E-state index in [0.29, 0.717) is 12.5 Å². The lowest BCUT2D eigenvalue weighted by Crippen LogP contribution is -2.32. The normalized spacial score (nSPS) is 12.1. The third-order valence-electron chi connectivity index (χ3n) is 3.97. The summed E-state index contributed by atoms with van der Waals surface area (Å²) in [6.07, 6.45) is 4.96. The number of H-pyrrole nitrogens is 1. The second kappa shape index (κ2) is 6.80. The minimum absolute atomic E-state index is 0.135. The molecule has 1 amide bonds. The van der Waals surface area contributed by atoms with Crippen LogP contribution in [0.4, 0.5) is 8.78 Å². The average molecular weight is 343 g/mol. The SMILES string of the molecule is CC[C@@H](NC(=O)c1c[nH]c2c(F)cc(F)cc2c1=O)c1ccncc1. The number of halogens is 2. The molecular weight excluding hydrogens is 328 g/mol. The number of pyridine rings is 2. The van der Waals surface area contributed by atoms with Gasteiger partial charge in [-0.15, -0.1) is 0 Å². The highest BCUT2D eigenvalue weighted by Gasteiger charge is 2.19. The van der Waals surface area contributed by atoms with Crippen molar-refractivity contribution in [3.05, 3.63) is 75.8 Å². The van der Waals surface area contributed by atoms with E-state index in [1.807, 2.05) is 6.92 Å². The minimum Gasteiger partial charge on any atom is -0.358 e. The van der Waals surface area contributed by atoms with Crippen LogP contribution in [0.3, 0.4) is 0 Å². The van der Waals surface area contributed by atoms with Gasteiger partial charge in [0.2, 0.25) is 5.43 Å². The van der Waals surface area contributed by atoms with Gasteiger partial charge >= 0.3 is 0 Å². The highest BCUT2D eigenvalue weighted by molar-refractivity contribution is 5.97. The lowest BCUT2D eigenvalue weighted by atomic mass is 10.1. The van der Waals surface area contributed by atoms with E-state index in [1.54, 1.807) is 24.5 Å². The van der Waals surface area contributed by atoms with Crippen molar-refractivity contribution in [2.75, 3.05) is 0 Å². The van der Waals surface area contributed by atoms with Crippen LogP contribution >= 0.6 is 0 Å². The first-order chi connectivity index (χ1) is 12.0. The smallest absolute Gasteiger partial charge is 0.257 e. The molecule has 0 aliphatic heterocycles. The summed E-state index contributed by atoms with van der Waals surface area (Å²) in [6.45, 7) is 1.89. The first-order valence-electron chi connectivity index (χ1n) is 7.72. The molecule has 3 rings (SSSR count). The molecule has 7 heteroatoms. The fraction of sp³-hybridized carbons (Fsp3) is 0.167. The maximum atomic E-state index is 13.7. The summed E-state index contributed by atoms with van der Waals surface area (Å²) < 4.78 is 27.1. The number of aromatic nitrogens is 2. The summed E-state index contributed by atoms with van der Waals surface area (Å²) in [4.78, 5) is 31.4. The Kier molecular flexibility index (Phi) is 4.56. The summed E-state index contributed by atoms with van der Waals surface area (Å²) >= 11 is 0. The maximum absolute atomic E-state index is 13.7. The van der Waals surface area contributed by atoms with E-state index in [2.05, 4.69) is 15.3 Å². The van der Waals surface area contributed by atoms with Gasteiger partial charge in [-0.05, 0) is 30.2 Å².